The smallest absolute Gasteiger partial charge is 0.290 e. The van der Waals surface area contributed by atoms with Gasteiger partial charge in [0.2, 0.25) is 0 Å². The summed E-state index contributed by atoms with van der Waals surface area (Å²) in [4.78, 5) is 25.5. The van der Waals surface area contributed by atoms with E-state index < -0.39 is 4.92 Å². The van der Waals surface area contributed by atoms with Crippen molar-refractivity contribution in [2.24, 2.45) is 0 Å². The SMILES string of the molecule is O=c1n(-c2ccc([N+](=O)[O-])cc2)nc2n1CCN(Cc1cccc3ccccc13)C2. The Labute approximate surface area is 171 Å². The van der Waals surface area contributed by atoms with Crippen molar-refractivity contribution in [3.05, 3.63) is 98.7 Å². The number of fused-ring (bicyclic) bond motifs is 2. The number of benzene rings is 3. The summed E-state index contributed by atoms with van der Waals surface area (Å²) in [5, 5.41) is 17.8. The van der Waals surface area contributed by atoms with Crippen LogP contribution in [0.1, 0.15) is 11.4 Å². The van der Waals surface area contributed by atoms with Crippen molar-refractivity contribution >= 4 is 16.5 Å². The summed E-state index contributed by atoms with van der Waals surface area (Å²) in [6, 6.07) is 20.5. The summed E-state index contributed by atoms with van der Waals surface area (Å²) in [6.45, 7) is 2.66. The van der Waals surface area contributed by atoms with E-state index in [1.165, 1.54) is 33.2 Å². The van der Waals surface area contributed by atoms with Gasteiger partial charge < -0.3 is 0 Å². The fourth-order valence-electron chi connectivity index (χ4n) is 3.99. The maximum Gasteiger partial charge on any atom is 0.350 e. The van der Waals surface area contributed by atoms with Crippen LogP contribution in [0.15, 0.2) is 71.5 Å². The highest BCUT2D eigenvalue weighted by Gasteiger charge is 2.23. The van der Waals surface area contributed by atoms with Crippen LogP contribution in [0, 0.1) is 10.1 Å². The van der Waals surface area contributed by atoms with E-state index in [0.29, 0.717) is 24.6 Å². The lowest BCUT2D eigenvalue weighted by atomic mass is 10.0. The van der Waals surface area contributed by atoms with E-state index >= 15 is 0 Å². The van der Waals surface area contributed by atoms with Crippen molar-refractivity contribution in [1.29, 1.82) is 0 Å². The lowest BCUT2D eigenvalue weighted by molar-refractivity contribution is -0.384. The van der Waals surface area contributed by atoms with Gasteiger partial charge in [-0.1, -0.05) is 42.5 Å². The van der Waals surface area contributed by atoms with Gasteiger partial charge in [0, 0.05) is 31.8 Å². The molecule has 150 valence electrons. The first kappa shape index (κ1) is 18.3. The number of rotatable bonds is 4. The molecule has 0 unspecified atom stereocenters. The first-order valence-corrected chi connectivity index (χ1v) is 9.73. The summed E-state index contributed by atoms with van der Waals surface area (Å²) in [7, 11) is 0. The van der Waals surface area contributed by atoms with E-state index in [0.717, 1.165) is 13.1 Å². The molecule has 0 saturated carbocycles. The Kier molecular flexibility index (Phi) is 4.40. The number of hydrogen-bond acceptors (Lipinski definition) is 5. The van der Waals surface area contributed by atoms with Gasteiger partial charge in [0.15, 0.2) is 0 Å². The van der Waals surface area contributed by atoms with E-state index in [9.17, 15) is 14.9 Å². The maximum absolute atomic E-state index is 12.8. The standard InChI is InChI=1S/C22H19N5O3/c28-22-25-13-12-24(14-17-6-3-5-16-4-1-2-7-20(16)17)15-21(25)23-26(22)18-8-10-19(11-9-18)27(29)30/h1-11H,12-15H2. The third-order valence-corrected chi connectivity index (χ3v) is 5.52. The highest BCUT2D eigenvalue weighted by molar-refractivity contribution is 5.85. The van der Waals surface area contributed by atoms with Gasteiger partial charge in [-0.3, -0.25) is 19.6 Å². The monoisotopic (exact) mass is 401 g/mol. The summed E-state index contributed by atoms with van der Waals surface area (Å²) in [6.07, 6.45) is 0. The second-order valence-corrected chi connectivity index (χ2v) is 7.38. The van der Waals surface area contributed by atoms with Gasteiger partial charge in [0.25, 0.3) is 5.69 Å². The Balaban J connectivity index is 1.41. The first-order chi connectivity index (χ1) is 14.6. The molecular weight excluding hydrogens is 382 g/mol. The average Bonchev–Trinajstić information content (AvgIpc) is 3.10. The molecule has 0 aliphatic carbocycles. The van der Waals surface area contributed by atoms with Crippen LogP contribution in [0.4, 0.5) is 5.69 Å². The zero-order valence-electron chi connectivity index (χ0n) is 16.1. The van der Waals surface area contributed by atoms with Crippen LogP contribution < -0.4 is 5.69 Å². The predicted molar refractivity (Wildman–Crippen MR) is 113 cm³/mol. The molecule has 8 nitrogen and oxygen atoms in total. The first-order valence-electron chi connectivity index (χ1n) is 9.73. The Morgan fingerprint density at radius 1 is 0.967 bits per heavy atom. The van der Waals surface area contributed by atoms with Crippen molar-refractivity contribution in [3.63, 3.8) is 0 Å². The molecular formula is C22H19N5O3. The predicted octanol–water partition coefficient (Wildman–Crippen LogP) is 3.11. The van der Waals surface area contributed by atoms with Gasteiger partial charge in [0.1, 0.15) is 5.82 Å². The molecule has 8 heteroatoms. The molecule has 0 amide bonds. The van der Waals surface area contributed by atoms with Crippen LogP contribution in [0.5, 0.6) is 0 Å². The maximum atomic E-state index is 12.8. The van der Waals surface area contributed by atoms with Crippen LogP contribution >= 0.6 is 0 Å². The van der Waals surface area contributed by atoms with Gasteiger partial charge >= 0.3 is 5.69 Å². The number of nitro groups is 1. The van der Waals surface area contributed by atoms with Crippen molar-refractivity contribution in [2.75, 3.05) is 6.54 Å². The number of non-ortho nitro benzene ring substituents is 1. The molecule has 0 bridgehead atoms. The molecule has 0 spiro atoms. The van der Waals surface area contributed by atoms with Crippen LogP contribution in [-0.2, 0) is 19.6 Å². The minimum absolute atomic E-state index is 0.0166. The number of nitro benzene ring substituents is 1. The highest BCUT2D eigenvalue weighted by atomic mass is 16.6. The Hall–Kier alpha value is -3.78. The van der Waals surface area contributed by atoms with Crippen molar-refractivity contribution in [1.82, 2.24) is 19.2 Å². The quantitative estimate of drug-likeness (QED) is 0.387. The van der Waals surface area contributed by atoms with E-state index in [1.54, 1.807) is 16.7 Å². The van der Waals surface area contributed by atoms with Crippen molar-refractivity contribution in [2.45, 2.75) is 19.6 Å². The summed E-state index contributed by atoms with van der Waals surface area (Å²) in [5.41, 5.74) is 1.53. The third-order valence-electron chi connectivity index (χ3n) is 5.52. The van der Waals surface area contributed by atoms with Crippen LogP contribution in [-0.4, -0.2) is 30.7 Å². The van der Waals surface area contributed by atoms with Crippen molar-refractivity contribution < 1.29 is 4.92 Å². The van der Waals surface area contributed by atoms with Gasteiger partial charge in [-0.15, -0.1) is 5.10 Å². The fourth-order valence-corrected chi connectivity index (χ4v) is 3.99. The van der Waals surface area contributed by atoms with Crippen LogP contribution in [0.3, 0.4) is 0 Å². The third kappa shape index (κ3) is 3.17. The van der Waals surface area contributed by atoms with E-state index in [2.05, 4.69) is 40.3 Å². The molecule has 0 fully saturated rings. The Morgan fingerprint density at radius 3 is 2.53 bits per heavy atom. The second-order valence-electron chi connectivity index (χ2n) is 7.38. The molecule has 0 atom stereocenters. The minimum atomic E-state index is -0.462. The van der Waals surface area contributed by atoms with Crippen molar-refractivity contribution in [3.8, 4) is 5.69 Å². The topological polar surface area (TPSA) is 86.2 Å². The van der Waals surface area contributed by atoms with Gasteiger partial charge in [-0.2, -0.15) is 4.68 Å². The largest absolute Gasteiger partial charge is 0.350 e. The van der Waals surface area contributed by atoms with Crippen LogP contribution in [0.25, 0.3) is 16.5 Å². The molecule has 30 heavy (non-hydrogen) atoms. The molecule has 0 radical (unpaired) electrons. The molecule has 2 heterocycles. The fraction of sp³-hybridized carbons (Fsp3) is 0.182. The molecule has 1 aliphatic heterocycles. The van der Waals surface area contributed by atoms with Gasteiger partial charge in [-0.05, 0) is 28.5 Å². The number of nitrogens with zero attached hydrogens (tertiary/aromatic N) is 5. The summed E-state index contributed by atoms with van der Waals surface area (Å²) < 4.78 is 3.00. The molecule has 1 aromatic heterocycles. The Morgan fingerprint density at radius 2 is 1.73 bits per heavy atom. The van der Waals surface area contributed by atoms with Gasteiger partial charge in [0.05, 0.1) is 17.2 Å². The van der Waals surface area contributed by atoms with E-state index in [1.807, 2.05) is 12.1 Å². The van der Waals surface area contributed by atoms with E-state index in [-0.39, 0.29) is 11.4 Å². The Bertz CT molecular complexity index is 1300. The molecule has 3 aromatic carbocycles. The molecule has 0 N–H and O–H groups in total. The molecule has 4 aromatic rings. The van der Waals surface area contributed by atoms with E-state index in [4.69, 9.17) is 0 Å². The minimum Gasteiger partial charge on any atom is -0.290 e. The molecule has 1 aliphatic rings. The normalized spacial score (nSPS) is 14.0. The summed E-state index contributed by atoms with van der Waals surface area (Å²) in [5.74, 6) is 0.699. The summed E-state index contributed by atoms with van der Waals surface area (Å²) >= 11 is 0. The molecule has 0 saturated heterocycles. The number of aromatic nitrogens is 3. The van der Waals surface area contributed by atoms with Gasteiger partial charge in [-0.25, -0.2) is 4.79 Å². The molecule has 5 rings (SSSR count). The second kappa shape index (κ2) is 7.23. The zero-order valence-corrected chi connectivity index (χ0v) is 16.1. The van der Waals surface area contributed by atoms with Crippen LogP contribution in [0.2, 0.25) is 0 Å². The zero-order chi connectivity index (χ0) is 20.7. The average molecular weight is 401 g/mol. The lowest BCUT2D eigenvalue weighted by Gasteiger charge is -2.26. The number of hydrogen-bond donors (Lipinski definition) is 0. The lowest BCUT2D eigenvalue weighted by Crippen LogP contribution is -2.37. The highest BCUT2D eigenvalue weighted by Crippen LogP contribution is 2.22.